The minimum Gasteiger partial charge on any atom is -0.336 e. The maximum atomic E-state index is 12.8. The highest BCUT2D eigenvalue weighted by Gasteiger charge is 2.23. The Balaban J connectivity index is 1.66. The number of hydrogen-bond acceptors (Lipinski definition) is 5. The third-order valence-corrected chi connectivity index (χ3v) is 5.19. The summed E-state index contributed by atoms with van der Waals surface area (Å²) in [5.41, 5.74) is 1.33. The maximum Gasteiger partial charge on any atom is 0.262 e. The molecule has 0 unspecified atom stereocenters. The largest absolute Gasteiger partial charge is 0.336 e. The van der Waals surface area contributed by atoms with Gasteiger partial charge in [-0.3, -0.25) is 19.1 Å². The van der Waals surface area contributed by atoms with Gasteiger partial charge in [0.15, 0.2) is 0 Å². The predicted octanol–water partition coefficient (Wildman–Crippen LogP) is 1.86. The summed E-state index contributed by atoms with van der Waals surface area (Å²) in [7, 11) is 0. The van der Waals surface area contributed by atoms with Crippen LogP contribution in [0.4, 0.5) is 0 Å². The van der Waals surface area contributed by atoms with Gasteiger partial charge in [0, 0.05) is 37.9 Å². The third kappa shape index (κ3) is 2.41. The van der Waals surface area contributed by atoms with Gasteiger partial charge in [0.1, 0.15) is 10.7 Å². The number of carbonyl (C=O) groups excluding carboxylic acids is 1. The van der Waals surface area contributed by atoms with Crippen molar-refractivity contribution in [1.29, 1.82) is 0 Å². The topological polar surface area (TPSA) is 68.1 Å². The Hall–Kier alpha value is -2.54. The zero-order valence-corrected chi connectivity index (χ0v) is 14.0. The molecule has 0 atom stereocenters. The fraction of sp³-hybridized carbons (Fsp3) is 0.294. The Morgan fingerprint density at radius 1 is 1.25 bits per heavy atom. The van der Waals surface area contributed by atoms with E-state index in [1.54, 1.807) is 27.8 Å². The molecule has 0 spiro atoms. The molecule has 1 amide bonds. The second kappa shape index (κ2) is 5.83. The number of rotatable bonds is 1. The van der Waals surface area contributed by atoms with Crippen molar-refractivity contribution in [1.82, 2.24) is 19.4 Å². The molecule has 0 N–H and O–H groups in total. The van der Waals surface area contributed by atoms with Crippen LogP contribution in [0.1, 0.15) is 21.9 Å². The monoisotopic (exact) mass is 340 g/mol. The van der Waals surface area contributed by atoms with Crippen molar-refractivity contribution in [2.75, 3.05) is 13.1 Å². The number of thiophene rings is 1. The average Bonchev–Trinajstić information content (AvgIpc) is 2.95. The first-order valence-corrected chi connectivity index (χ1v) is 8.71. The van der Waals surface area contributed by atoms with Crippen molar-refractivity contribution in [3.05, 3.63) is 57.2 Å². The van der Waals surface area contributed by atoms with Crippen LogP contribution < -0.4 is 5.56 Å². The van der Waals surface area contributed by atoms with Crippen LogP contribution in [0.3, 0.4) is 0 Å². The number of fused-ring (bicyclic) bond motifs is 2. The molecule has 7 heteroatoms. The summed E-state index contributed by atoms with van der Waals surface area (Å²) in [6.45, 7) is 3.35. The number of nitrogens with zero attached hydrogens (tertiary/aromatic N) is 4. The van der Waals surface area contributed by atoms with E-state index in [2.05, 4.69) is 9.97 Å². The molecule has 1 aliphatic rings. The molecular weight excluding hydrogens is 324 g/mol. The van der Waals surface area contributed by atoms with E-state index in [-0.39, 0.29) is 11.5 Å². The summed E-state index contributed by atoms with van der Waals surface area (Å²) < 4.78 is 1.71. The lowest BCUT2D eigenvalue weighted by Crippen LogP contribution is -2.34. The van der Waals surface area contributed by atoms with E-state index >= 15 is 0 Å². The van der Waals surface area contributed by atoms with Crippen molar-refractivity contribution in [3.8, 4) is 0 Å². The number of amides is 1. The molecule has 6 nitrogen and oxygen atoms in total. The Bertz CT molecular complexity index is 992. The van der Waals surface area contributed by atoms with Crippen molar-refractivity contribution in [2.24, 2.45) is 0 Å². The van der Waals surface area contributed by atoms with Crippen LogP contribution in [0.15, 0.2) is 34.6 Å². The van der Waals surface area contributed by atoms with Crippen LogP contribution in [0.2, 0.25) is 0 Å². The standard InChI is InChI=1S/C17H16N4O2S/c1-11-12(3-2-6-18-11)16(22)20-7-4-14-19-15-13(5-10-24-15)17(23)21(14)9-8-20/h2-3,5-6,10H,4,7-9H2,1H3. The third-order valence-electron chi connectivity index (χ3n) is 4.39. The minimum atomic E-state index is -0.0386. The van der Waals surface area contributed by atoms with E-state index in [1.807, 2.05) is 18.4 Å². The van der Waals surface area contributed by atoms with Gasteiger partial charge < -0.3 is 4.90 Å². The summed E-state index contributed by atoms with van der Waals surface area (Å²) >= 11 is 1.47. The molecule has 0 aromatic carbocycles. The first-order valence-electron chi connectivity index (χ1n) is 7.83. The van der Waals surface area contributed by atoms with E-state index in [1.165, 1.54) is 11.3 Å². The number of aromatic nitrogens is 3. The molecule has 0 fully saturated rings. The van der Waals surface area contributed by atoms with Gasteiger partial charge in [-0.1, -0.05) is 0 Å². The number of carbonyl (C=O) groups is 1. The molecule has 3 aromatic rings. The molecular formula is C17H16N4O2S. The molecule has 0 aliphatic carbocycles. The lowest BCUT2D eigenvalue weighted by atomic mass is 10.1. The maximum absolute atomic E-state index is 12.8. The summed E-state index contributed by atoms with van der Waals surface area (Å²) in [6.07, 6.45) is 2.26. The number of pyridine rings is 1. The highest BCUT2D eigenvalue weighted by atomic mass is 32.1. The Morgan fingerprint density at radius 3 is 2.96 bits per heavy atom. The van der Waals surface area contributed by atoms with Crippen molar-refractivity contribution >= 4 is 27.5 Å². The minimum absolute atomic E-state index is 0.0110. The molecule has 0 saturated heterocycles. The van der Waals surface area contributed by atoms with Gasteiger partial charge in [0.25, 0.3) is 11.5 Å². The van der Waals surface area contributed by atoms with Crippen LogP contribution >= 0.6 is 11.3 Å². The quantitative estimate of drug-likeness (QED) is 0.678. The van der Waals surface area contributed by atoms with E-state index < -0.39 is 0 Å². The van der Waals surface area contributed by atoms with Crippen molar-refractivity contribution in [3.63, 3.8) is 0 Å². The van der Waals surface area contributed by atoms with Crippen LogP contribution in [-0.2, 0) is 13.0 Å². The predicted molar refractivity (Wildman–Crippen MR) is 92.5 cm³/mol. The van der Waals surface area contributed by atoms with Crippen LogP contribution in [0.5, 0.6) is 0 Å². The van der Waals surface area contributed by atoms with Gasteiger partial charge in [-0.15, -0.1) is 11.3 Å². The van der Waals surface area contributed by atoms with Gasteiger partial charge in [-0.05, 0) is 30.5 Å². The van der Waals surface area contributed by atoms with Crippen molar-refractivity contribution < 1.29 is 4.79 Å². The lowest BCUT2D eigenvalue weighted by molar-refractivity contribution is 0.0758. The lowest BCUT2D eigenvalue weighted by Gasteiger charge is -2.20. The summed E-state index contributed by atoms with van der Waals surface area (Å²) in [5.74, 6) is 0.719. The fourth-order valence-electron chi connectivity index (χ4n) is 3.06. The van der Waals surface area contributed by atoms with E-state index in [0.717, 1.165) is 16.3 Å². The summed E-state index contributed by atoms with van der Waals surface area (Å²) in [6, 6.07) is 5.38. The molecule has 3 aromatic heterocycles. The zero-order chi connectivity index (χ0) is 16.7. The van der Waals surface area contributed by atoms with Crippen molar-refractivity contribution in [2.45, 2.75) is 19.9 Å². The van der Waals surface area contributed by atoms with Gasteiger partial charge in [0.05, 0.1) is 10.9 Å². The highest BCUT2D eigenvalue weighted by Crippen LogP contribution is 2.17. The molecule has 0 saturated carbocycles. The Morgan fingerprint density at radius 2 is 2.12 bits per heavy atom. The fourth-order valence-corrected chi connectivity index (χ4v) is 3.84. The second-order valence-electron chi connectivity index (χ2n) is 5.80. The zero-order valence-electron chi connectivity index (χ0n) is 13.2. The molecule has 122 valence electrons. The van der Waals surface area contributed by atoms with Crippen LogP contribution in [0.25, 0.3) is 10.2 Å². The number of hydrogen-bond donors (Lipinski definition) is 0. The molecule has 0 bridgehead atoms. The smallest absolute Gasteiger partial charge is 0.262 e. The molecule has 24 heavy (non-hydrogen) atoms. The average molecular weight is 340 g/mol. The highest BCUT2D eigenvalue weighted by molar-refractivity contribution is 7.16. The summed E-state index contributed by atoms with van der Waals surface area (Å²) in [5, 5.41) is 2.55. The normalized spacial score (nSPS) is 14.5. The van der Waals surface area contributed by atoms with Gasteiger partial charge in [-0.25, -0.2) is 4.98 Å². The van der Waals surface area contributed by atoms with Gasteiger partial charge in [-0.2, -0.15) is 0 Å². The van der Waals surface area contributed by atoms with Crippen LogP contribution in [0, 0.1) is 6.92 Å². The van der Waals surface area contributed by atoms with E-state index in [0.29, 0.717) is 37.0 Å². The van der Waals surface area contributed by atoms with Crippen LogP contribution in [-0.4, -0.2) is 38.4 Å². The Labute approximate surface area is 142 Å². The van der Waals surface area contributed by atoms with Gasteiger partial charge in [0.2, 0.25) is 0 Å². The SMILES string of the molecule is Cc1ncccc1C(=O)N1CCc2nc3sccc3c(=O)n2CC1. The van der Waals surface area contributed by atoms with E-state index in [9.17, 15) is 9.59 Å². The first kappa shape index (κ1) is 15.0. The first-order chi connectivity index (χ1) is 11.6. The molecule has 4 heterocycles. The molecule has 1 aliphatic heterocycles. The number of aryl methyl sites for hydroxylation is 1. The molecule has 4 rings (SSSR count). The second-order valence-corrected chi connectivity index (χ2v) is 6.70. The molecule has 0 radical (unpaired) electrons. The summed E-state index contributed by atoms with van der Waals surface area (Å²) in [4.78, 5) is 36.7. The van der Waals surface area contributed by atoms with Gasteiger partial charge >= 0.3 is 0 Å². The Kier molecular flexibility index (Phi) is 3.65. The van der Waals surface area contributed by atoms with E-state index in [4.69, 9.17) is 0 Å².